The summed E-state index contributed by atoms with van der Waals surface area (Å²) < 4.78 is 0. The summed E-state index contributed by atoms with van der Waals surface area (Å²) >= 11 is 0. The van der Waals surface area contributed by atoms with E-state index in [2.05, 4.69) is 20.2 Å². The summed E-state index contributed by atoms with van der Waals surface area (Å²) in [7, 11) is 0. The van der Waals surface area contributed by atoms with Crippen molar-refractivity contribution in [1.82, 2.24) is 15.3 Å². The SMILES string of the molecule is Cc1cc(C)nc(N2CCC(C(=O)NC(Cc3ccc(O)cc3)C(=O)O)CC2)n1. The lowest BCUT2D eigenvalue weighted by Crippen LogP contribution is -2.47. The van der Waals surface area contributed by atoms with Gasteiger partial charge in [-0.05, 0) is 50.5 Å². The quantitative estimate of drug-likeness (QED) is 0.680. The minimum atomic E-state index is -1.08. The van der Waals surface area contributed by atoms with Crippen molar-refractivity contribution in [3.8, 4) is 5.75 Å². The molecule has 1 unspecified atom stereocenters. The first-order chi connectivity index (χ1) is 13.8. The van der Waals surface area contributed by atoms with Gasteiger partial charge >= 0.3 is 5.97 Å². The number of nitrogens with zero attached hydrogens (tertiary/aromatic N) is 3. The summed E-state index contributed by atoms with van der Waals surface area (Å²) in [4.78, 5) is 35.3. The van der Waals surface area contributed by atoms with Crippen LogP contribution in [0.4, 0.5) is 5.95 Å². The molecule has 1 aromatic heterocycles. The van der Waals surface area contributed by atoms with E-state index >= 15 is 0 Å². The van der Waals surface area contributed by atoms with Crippen LogP contribution < -0.4 is 10.2 Å². The van der Waals surface area contributed by atoms with Crippen LogP contribution in [0.1, 0.15) is 29.8 Å². The number of hydrogen-bond donors (Lipinski definition) is 3. The Morgan fingerprint density at radius 3 is 2.28 bits per heavy atom. The molecule has 1 aromatic carbocycles. The molecule has 1 fully saturated rings. The number of rotatable bonds is 6. The number of amides is 1. The summed E-state index contributed by atoms with van der Waals surface area (Å²) in [6, 6.07) is 7.22. The van der Waals surface area contributed by atoms with E-state index in [-0.39, 0.29) is 24.0 Å². The molecule has 2 aromatic rings. The molecule has 2 heterocycles. The molecule has 0 spiro atoms. The van der Waals surface area contributed by atoms with Gasteiger partial charge in [0.15, 0.2) is 0 Å². The van der Waals surface area contributed by atoms with E-state index in [4.69, 9.17) is 0 Å². The van der Waals surface area contributed by atoms with E-state index in [1.165, 1.54) is 12.1 Å². The number of carbonyl (C=O) groups excluding carboxylic acids is 1. The maximum atomic E-state index is 12.6. The summed E-state index contributed by atoms with van der Waals surface area (Å²) in [6.07, 6.45) is 1.40. The van der Waals surface area contributed by atoms with Crippen LogP contribution in [-0.2, 0) is 16.0 Å². The number of hydrogen-bond acceptors (Lipinski definition) is 6. The molecule has 8 nitrogen and oxygen atoms in total. The smallest absolute Gasteiger partial charge is 0.326 e. The molecule has 1 atom stereocenters. The topological polar surface area (TPSA) is 116 Å². The lowest BCUT2D eigenvalue weighted by Gasteiger charge is -2.32. The van der Waals surface area contributed by atoms with Crippen molar-refractivity contribution in [1.29, 1.82) is 0 Å². The van der Waals surface area contributed by atoms with Crippen molar-refractivity contribution in [3.63, 3.8) is 0 Å². The number of carboxylic acid groups (broad SMARTS) is 1. The number of nitrogens with one attached hydrogen (secondary N) is 1. The maximum Gasteiger partial charge on any atom is 0.326 e. The number of aliphatic carboxylic acids is 1. The molecule has 0 saturated carbocycles. The first kappa shape index (κ1) is 20.6. The second-order valence-corrected chi connectivity index (χ2v) is 7.48. The fraction of sp³-hybridized carbons (Fsp3) is 0.429. The molecular formula is C21H26N4O4. The zero-order valence-corrected chi connectivity index (χ0v) is 16.6. The molecule has 0 aliphatic carbocycles. The van der Waals surface area contributed by atoms with Crippen molar-refractivity contribution in [3.05, 3.63) is 47.3 Å². The Bertz CT molecular complexity index is 856. The van der Waals surface area contributed by atoms with Gasteiger partial charge in [-0.2, -0.15) is 0 Å². The Labute approximate surface area is 169 Å². The summed E-state index contributed by atoms with van der Waals surface area (Å²) in [5, 5.41) is 21.5. The van der Waals surface area contributed by atoms with Crippen molar-refractivity contribution >= 4 is 17.8 Å². The summed E-state index contributed by atoms with van der Waals surface area (Å²) in [6.45, 7) is 5.16. The highest BCUT2D eigenvalue weighted by molar-refractivity contribution is 5.85. The van der Waals surface area contributed by atoms with Crippen molar-refractivity contribution < 1.29 is 19.8 Å². The first-order valence-corrected chi connectivity index (χ1v) is 9.70. The van der Waals surface area contributed by atoms with Gasteiger partial charge in [-0.1, -0.05) is 12.1 Å². The fourth-order valence-electron chi connectivity index (χ4n) is 3.55. The predicted molar refractivity (Wildman–Crippen MR) is 108 cm³/mol. The Kier molecular flexibility index (Phi) is 6.31. The molecule has 3 N–H and O–H groups in total. The summed E-state index contributed by atoms with van der Waals surface area (Å²) in [5.41, 5.74) is 2.55. The lowest BCUT2D eigenvalue weighted by atomic mass is 9.95. The highest BCUT2D eigenvalue weighted by atomic mass is 16.4. The molecule has 1 saturated heterocycles. The van der Waals surface area contributed by atoms with Crippen molar-refractivity contribution in [2.45, 2.75) is 39.2 Å². The standard InChI is InChI=1S/C21H26N4O4/c1-13-11-14(2)23-21(22-13)25-9-7-16(8-10-25)19(27)24-18(20(28)29)12-15-3-5-17(26)6-4-15/h3-6,11,16,18,26H,7-10,12H2,1-2H3,(H,24,27)(H,28,29). The molecule has 0 radical (unpaired) electrons. The largest absolute Gasteiger partial charge is 0.508 e. The van der Waals surface area contributed by atoms with Gasteiger partial charge in [0.05, 0.1) is 0 Å². The van der Waals surface area contributed by atoms with Crippen LogP contribution in [0.5, 0.6) is 5.75 Å². The van der Waals surface area contributed by atoms with Crippen LogP contribution >= 0.6 is 0 Å². The van der Waals surface area contributed by atoms with Gasteiger partial charge in [0.25, 0.3) is 0 Å². The number of carbonyl (C=O) groups is 2. The van der Waals surface area contributed by atoms with Gasteiger partial charge < -0.3 is 20.4 Å². The Hall–Kier alpha value is -3.16. The van der Waals surface area contributed by atoms with Crippen LogP contribution in [0, 0.1) is 19.8 Å². The van der Waals surface area contributed by atoms with Crippen LogP contribution in [-0.4, -0.2) is 51.2 Å². The van der Waals surface area contributed by atoms with E-state index in [0.717, 1.165) is 17.0 Å². The molecule has 0 bridgehead atoms. The third-order valence-corrected chi connectivity index (χ3v) is 5.11. The molecular weight excluding hydrogens is 372 g/mol. The van der Waals surface area contributed by atoms with E-state index in [0.29, 0.717) is 31.9 Å². The Morgan fingerprint density at radius 2 is 1.72 bits per heavy atom. The molecule has 3 rings (SSSR count). The summed E-state index contributed by atoms with van der Waals surface area (Å²) in [5.74, 6) is -0.759. The van der Waals surface area contributed by atoms with Crippen LogP contribution in [0.3, 0.4) is 0 Å². The van der Waals surface area contributed by atoms with E-state index < -0.39 is 12.0 Å². The van der Waals surface area contributed by atoms with Gasteiger partial charge in [-0.3, -0.25) is 4.79 Å². The molecule has 1 amide bonds. The van der Waals surface area contributed by atoms with Crippen molar-refractivity contribution in [2.24, 2.45) is 5.92 Å². The molecule has 8 heteroatoms. The minimum absolute atomic E-state index is 0.115. The number of aromatic hydroxyl groups is 1. The number of carboxylic acids is 1. The molecule has 154 valence electrons. The van der Waals surface area contributed by atoms with Gasteiger partial charge in [0.1, 0.15) is 11.8 Å². The van der Waals surface area contributed by atoms with Crippen LogP contribution in [0.25, 0.3) is 0 Å². The van der Waals surface area contributed by atoms with Gasteiger partial charge in [0.2, 0.25) is 11.9 Å². The zero-order valence-electron chi connectivity index (χ0n) is 16.6. The van der Waals surface area contributed by atoms with E-state index in [1.54, 1.807) is 12.1 Å². The molecule has 29 heavy (non-hydrogen) atoms. The second kappa shape index (κ2) is 8.89. The van der Waals surface area contributed by atoms with Gasteiger partial charge in [-0.25, -0.2) is 14.8 Å². The highest BCUT2D eigenvalue weighted by Gasteiger charge is 2.29. The average Bonchev–Trinajstić information content (AvgIpc) is 2.68. The third kappa shape index (κ3) is 5.43. The third-order valence-electron chi connectivity index (χ3n) is 5.11. The Morgan fingerprint density at radius 1 is 1.14 bits per heavy atom. The second-order valence-electron chi connectivity index (χ2n) is 7.48. The van der Waals surface area contributed by atoms with Crippen LogP contribution in [0.2, 0.25) is 0 Å². The van der Waals surface area contributed by atoms with Gasteiger partial charge in [-0.15, -0.1) is 0 Å². The number of anilines is 1. The molecule has 1 aliphatic heterocycles. The zero-order chi connectivity index (χ0) is 21.0. The lowest BCUT2D eigenvalue weighted by molar-refractivity contribution is -0.142. The van der Waals surface area contributed by atoms with Gasteiger partial charge in [0, 0.05) is 36.8 Å². The highest BCUT2D eigenvalue weighted by Crippen LogP contribution is 2.22. The average molecular weight is 398 g/mol. The number of phenolic OH excluding ortho intramolecular Hbond substituents is 1. The number of benzene rings is 1. The first-order valence-electron chi connectivity index (χ1n) is 9.70. The van der Waals surface area contributed by atoms with Crippen LogP contribution in [0.15, 0.2) is 30.3 Å². The van der Waals surface area contributed by atoms with E-state index in [1.807, 2.05) is 19.9 Å². The van der Waals surface area contributed by atoms with E-state index in [9.17, 15) is 19.8 Å². The maximum absolute atomic E-state index is 12.6. The Balaban J connectivity index is 1.57. The number of aryl methyl sites for hydroxylation is 2. The normalized spacial score (nSPS) is 15.7. The predicted octanol–water partition coefficient (Wildman–Crippen LogP) is 1.83. The minimum Gasteiger partial charge on any atom is -0.508 e. The number of piperidine rings is 1. The fourth-order valence-corrected chi connectivity index (χ4v) is 3.55. The number of aromatic nitrogens is 2. The monoisotopic (exact) mass is 398 g/mol. The number of phenols is 1. The van der Waals surface area contributed by atoms with Crippen molar-refractivity contribution in [2.75, 3.05) is 18.0 Å². The molecule has 1 aliphatic rings.